The molecule has 2 heteroatoms. The van der Waals surface area contributed by atoms with E-state index in [-0.39, 0.29) is 6.04 Å². The number of hydrogen-bond acceptors (Lipinski definition) is 2. The second kappa shape index (κ2) is 9.25. The summed E-state index contributed by atoms with van der Waals surface area (Å²) in [4.78, 5) is 2.62. The molecule has 1 N–H and O–H groups in total. The van der Waals surface area contributed by atoms with Gasteiger partial charge in [0, 0.05) is 15.8 Å². The Hall–Kier alpha value is -2.03. The van der Waals surface area contributed by atoms with Gasteiger partial charge in [0.05, 0.1) is 6.04 Å². The van der Waals surface area contributed by atoms with Crippen LogP contribution in [0.15, 0.2) is 94.7 Å². The summed E-state index contributed by atoms with van der Waals surface area (Å²) in [7, 11) is 0. The standard InChI is InChI=1S/C25H27NS/c1-4-12-20(13-5-1)25(26-21-14-6-2-7-15-21)23-18-10-11-19-24(23)27-22-16-8-3-9-17-22/h1,3-5,8-13,16-19,21,25-26H,2,6-7,14-15H2. The third kappa shape index (κ3) is 4.82. The van der Waals surface area contributed by atoms with Crippen molar-refractivity contribution in [1.82, 2.24) is 5.32 Å². The van der Waals surface area contributed by atoms with Gasteiger partial charge in [-0.3, -0.25) is 0 Å². The number of hydrogen-bond donors (Lipinski definition) is 1. The quantitative estimate of drug-likeness (QED) is 0.507. The molecule has 1 fully saturated rings. The summed E-state index contributed by atoms with van der Waals surface area (Å²) in [5, 5.41) is 4.00. The summed E-state index contributed by atoms with van der Waals surface area (Å²) in [6.07, 6.45) is 6.66. The predicted molar refractivity (Wildman–Crippen MR) is 115 cm³/mol. The zero-order valence-electron chi connectivity index (χ0n) is 15.7. The molecule has 0 bridgehead atoms. The minimum absolute atomic E-state index is 0.238. The van der Waals surface area contributed by atoms with Gasteiger partial charge in [0.25, 0.3) is 0 Å². The van der Waals surface area contributed by atoms with Gasteiger partial charge in [0.2, 0.25) is 0 Å². The van der Waals surface area contributed by atoms with E-state index >= 15 is 0 Å². The van der Waals surface area contributed by atoms with E-state index in [1.165, 1.54) is 53.0 Å². The third-order valence-corrected chi connectivity index (χ3v) is 6.44. The van der Waals surface area contributed by atoms with Crippen molar-refractivity contribution in [2.75, 3.05) is 0 Å². The van der Waals surface area contributed by atoms with Gasteiger partial charge in [-0.1, -0.05) is 97.8 Å². The second-order valence-corrected chi connectivity index (χ2v) is 8.41. The van der Waals surface area contributed by atoms with Crippen LogP contribution in [-0.2, 0) is 0 Å². The molecule has 1 unspecified atom stereocenters. The lowest BCUT2D eigenvalue weighted by atomic mass is 9.92. The highest BCUT2D eigenvalue weighted by molar-refractivity contribution is 7.99. The van der Waals surface area contributed by atoms with E-state index in [4.69, 9.17) is 0 Å². The summed E-state index contributed by atoms with van der Waals surface area (Å²) < 4.78 is 0. The van der Waals surface area contributed by atoms with Gasteiger partial charge in [-0.25, -0.2) is 0 Å². The van der Waals surface area contributed by atoms with Gasteiger partial charge in [-0.05, 0) is 42.2 Å². The third-order valence-electron chi connectivity index (χ3n) is 5.34. The van der Waals surface area contributed by atoms with Crippen molar-refractivity contribution >= 4 is 11.8 Å². The Bertz CT molecular complexity index is 825. The minimum Gasteiger partial charge on any atom is -0.303 e. The van der Waals surface area contributed by atoms with Crippen LogP contribution in [0, 0.1) is 0 Å². The molecule has 138 valence electrons. The van der Waals surface area contributed by atoms with E-state index in [1.54, 1.807) is 0 Å². The summed E-state index contributed by atoms with van der Waals surface area (Å²) in [6.45, 7) is 0. The number of benzene rings is 3. The zero-order valence-corrected chi connectivity index (χ0v) is 16.5. The molecule has 0 spiro atoms. The van der Waals surface area contributed by atoms with Crippen molar-refractivity contribution in [3.63, 3.8) is 0 Å². The zero-order chi connectivity index (χ0) is 18.3. The summed E-state index contributed by atoms with van der Waals surface area (Å²) in [5.74, 6) is 0. The van der Waals surface area contributed by atoms with Crippen molar-refractivity contribution in [2.45, 2.75) is 54.0 Å². The second-order valence-electron chi connectivity index (χ2n) is 7.30. The van der Waals surface area contributed by atoms with Crippen LogP contribution >= 0.6 is 11.8 Å². The first-order valence-electron chi connectivity index (χ1n) is 10.0. The number of rotatable bonds is 6. The van der Waals surface area contributed by atoms with Crippen LogP contribution in [0.25, 0.3) is 0 Å². The van der Waals surface area contributed by atoms with Crippen LogP contribution in [0.3, 0.4) is 0 Å². The molecule has 0 amide bonds. The molecule has 1 atom stereocenters. The molecule has 0 saturated heterocycles. The van der Waals surface area contributed by atoms with Crippen LogP contribution in [0.2, 0.25) is 0 Å². The molecule has 0 aromatic heterocycles. The Morgan fingerprint density at radius 2 is 1.33 bits per heavy atom. The van der Waals surface area contributed by atoms with Crippen LogP contribution in [0.4, 0.5) is 0 Å². The highest BCUT2D eigenvalue weighted by Crippen LogP contribution is 2.36. The Morgan fingerprint density at radius 3 is 2.07 bits per heavy atom. The van der Waals surface area contributed by atoms with Gasteiger partial charge in [0.1, 0.15) is 0 Å². The SMILES string of the molecule is c1ccc(Sc2ccccc2C(NC2CCCCC2)c2ccccc2)cc1. The molecule has 4 rings (SSSR count). The summed E-state index contributed by atoms with van der Waals surface area (Å²) in [6, 6.07) is 31.3. The normalized spacial score (nSPS) is 16.1. The van der Waals surface area contributed by atoms with Crippen LogP contribution < -0.4 is 5.32 Å². The molecule has 0 radical (unpaired) electrons. The van der Waals surface area contributed by atoms with Crippen molar-refractivity contribution in [2.24, 2.45) is 0 Å². The highest BCUT2D eigenvalue weighted by atomic mass is 32.2. The van der Waals surface area contributed by atoms with Crippen LogP contribution in [0.5, 0.6) is 0 Å². The molecular formula is C25H27NS. The first-order valence-corrected chi connectivity index (χ1v) is 10.8. The Kier molecular flexibility index (Phi) is 6.28. The molecule has 0 aliphatic heterocycles. The molecule has 1 nitrogen and oxygen atoms in total. The minimum atomic E-state index is 0.238. The first-order chi connectivity index (χ1) is 13.4. The molecule has 1 aliphatic carbocycles. The molecule has 27 heavy (non-hydrogen) atoms. The smallest absolute Gasteiger partial charge is 0.0590 e. The maximum absolute atomic E-state index is 4.00. The first kappa shape index (κ1) is 18.3. The lowest BCUT2D eigenvalue weighted by Crippen LogP contribution is -2.35. The molecule has 1 saturated carbocycles. The fraction of sp³-hybridized carbons (Fsp3) is 0.280. The van der Waals surface area contributed by atoms with Gasteiger partial charge in [0.15, 0.2) is 0 Å². The number of nitrogens with one attached hydrogen (secondary N) is 1. The largest absolute Gasteiger partial charge is 0.303 e. The molecule has 3 aromatic rings. The lowest BCUT2D eigenvalue weighted by molar-refractivity contribution is 0.353. The molecule has 0 heterocycles. The monoisotopic (exact) mass is 373 g/mol. The van der Waals surface area contributed by atoms with E-state index in [9.17, 15) is 0 Å². The summed E-state index contributed by atoms with van der Waals surface area (Å²) in [5.41, 5.74) is 2.73. The van der Waals surface area contributed by atoms with Crippen LogP contribution in [-0.4, -0.2) is 6.04 Å². The molecule has 3 aromatic carbocycles. The fourth-order valence-electron chi connectivity index (χ4n) is 3.94. The predicted octanol–water partition coefficient (Wildman–Crippen LogP) is 6.85. The lowest BCUT2D eigenvalue weighted by Gasteiger charge is -2.30. The average Bonchev–Trinajstić information content (AvgIpc) is 2.75. The Morgan fingerprint density at radius 1 is 0.704 bits per heavy atom. The van der Waals surface area contributed by atoms with E-state index in [2.05, 4.69) is 90.2 Å². The summed E-state index contributed by atoms with van der Waals surface area (Å²) >= 11 is 1.86. The van der Waals surface area contributed by atoms with E-state index in [0.29, 0.717) is 6.04 Å². The molecular weight excluding hydrogens is 346 g/mol. The van der Waals surface area contributed by atoms with Crippen LogP contribution in [0.1, 0.15) is 49.3 Å². The van der Waals surface area contributed by atoms with E-state index < -0.39 is 0 Å². The highest BCUT2D eigenvalue weighted by Gasteiger charge is 2.22. The maximum Gasteiger partial charge on any atom is 0.0590 e. The topological polar surface area (TPSA) is 12.0 Å². The van der Waals surface area contributed by atoms with E-state index in [0.717, 1.165) is 0 Å². The fourth-order valence-corrected chi connectivity index (χ4v) is 4.94. The Balaban J connectivity index is 1.67. The van der Waals surface area contributed by atoms with Crippen molar-refractivity contribution in [3.8, 4) is 0 Å². The average molecular weight is 374 g/mol. The van der Waals surface area contributed by atoms with Crippen molar-refractivity contribution in [1.29, 1.82) is 0 Å². The van der Waals surface area contributed by atoms with Gasteiger partial charge in [-0.15, -0.1) is 0 Å². The Labute approximate surface area is 167 Å². The van der Waals surface area contributed by atoms with Gasteiger partial charge in [-0.2, -0.15) is 0 Å². The van der Waals surface area contributed by atoms with Gasteiger partial charge < -0.3 is 5.32 Å². The maximum atomic E-state index is 4.00. The molecule has 1 aliphatic rings. The van der Waals surface area contributed by atoms with Gasteiger partial charge >= 0.3 is 0 Å². The van der Waals surface area contributed by atoms with Crippen molar-refractivity contribution < 1.29 is 0 Å². The van der Waals surface area contributed by atoms with E-state index in [1.807, 2.05) is 11.8 Å². The van der Waals surface area contributed by atoms with Crippen molar-refractivity contribution in [3.05, 3.63) is 96.1 Å².